The summed E-state index contributed by atoms with van der Waals surface area (Å²) in [6.45, 7) is 0.346. The standard InChI is InChI=1S/C20H26N2O4S/c1-22(2)18-7-3-6-17-16(18)5-4-8-19(17)27(25,26)21-13-14-9-11-15(12-10-14)20(23)24/h3-8,14-15,21H,9-13H2,1-2H3,(H,23,24). The second-order valence-corrected chi connectivity index (χ2v) is 9.17. The van der Waals surface area contributed by atoms with Crippen molar-refractivity contribution in [3.8, 4) is 0 Å². The molecule has 1 aliphatic carbocycles. The fourth-order valence-corrected chi connectivity index (χ4v) is 5.14. The van der Waals surface area contributed by atoms with Gasteiger partial charge < -0.3 is 10.0 Å². The van der Waals surface area contributed by atoms with E-state index in [-0.39, 0.29) is 16.7 Å². The third-order valence-electron chi connectivity index (χ3n) is 5.39. The summed E-state index contributed by atoms with van der Waals surface area (Å²) in [7, 11) is 0.221. The van der Waals surface area contributed by atoms with E-state index in [1.165, 1.54) is 0 Å². The van der Waals surface area contributed by atoms with Crippen LogP contribution < -0.4 is 9.62 Å². The number of rotatable bonds is 6. The molecule has 0 radical (unpaired) electrons. The second-order valence-electron chi connectivity index (χ2n) is 7.43. The summed E-state index contributed by atoms with van der Waals surface area (Å²) < 4.78 is 28.6. The Bertz CT molecular complexity index is 932. The van der Waals surface area contributed by atoms with E-state index < -0.39 is 16.0 Å². The van der Waals surface area contributed by atoms with Crippen LogP contribution in [0.25, 0.3) is 10.8 Å². The van der Waals surface area contributed by atoms with Gasteiger partial charge in [0.05, 0.1) is 10.8 Å². The van der Waals surface area contributed by atoms with Crippen LogP contribution in [0.1, 0.15) is 25.7 Å². The molecule has 27 heavy (non-hydrogen) atoms. The first-order valence-electron chi connectivity index (χ1n) is 9.21. The van der Waals surface area contributed by atoms with Crippen LogP contribution in [0.2, 0.25) is 0 Å². The highest BCUT2D eigenvalue weighted by Crippen LogP contribution is 2.31. The summed E-state index contributed by atoms with van der Waals surface area (Å²) >= 11 is 0. The van der Waals surface area contributed by atoms with E-state index in [9.17, 15) is 13.2 Å². The van der Waals surface area contributed by atoms with E-state index >= 15 is 0 Å². The number of anilines is 1. The number of sulfonamides is 1. The normalized spacial score (nSPS) is 20.5. The lowest BCUT2D eigenvalue weighted by Crippen LogP contribution is -2.32. The van der Waals surface area contributed by atoms with Crippen LogP contribution in [0, 0.1) is 11.8 Å². The van der Waals surface area contributed by atoms with Crippen molar-refractivity contribution < 1.29 is 18.3 Å². The van der Waals surface area contributed by atoms with Gasteiger partial charge in [0.15, 0.2) is 0 Å². The van der Waals surface area contributed by atoms with Crippen molar-refractivity contribution in [3.05, 3.63) is 36.4 Å². The molecule has 0 aromatic heterocycles. The zero-order valence-electron chi connectivity index (χ0n) is 15.7. The average Bonchev–Trinajstić information content (AvgIpc) is 2.65. The summed E-state index contributed by atoms with van der Waals surface area (Å²) in [4.78, 5) is 13.3. The maximum absolute atomic E-state index is 12.9. The molecule has 0 bridgehead atoms. The number of carboxylic acids is 1. The lowest BCUT2D eigenvalue weighted by molar-refractivity contribution is -0.143. The van der Waals surface area contributed by atoms with Crippen molar-refractivity contribution in [3.63, 3.8) is 0 Å². The molecular weight excluding hydrogens is 364 g/mol. The maximum Gasteiger partial charge on any atom is 0.306 e. The SMILES string of the molecule is CN(C)c1cccc2c(S(=O)(=O)NCC3CCC(C(=O)O)CC3)cccc12. The first-order chi connectivity index (χ1) is 12.8. The fourth-order valence-electron chi connectivity index (χ4n) is 3.81. The summed E-state index contributed by atoms with van der Waals surface area (Å²) in [6, 6.07) is 11.0. The minimum Gasteiger partial charge on any atom is -0.481 e. The van der Waals surface area contributed by atoms with Crippen LogP contribution in [-0.4, -0.2) is 40.1 Å². The first-order valence-corrected chi connectivity index (χ1v) is 10.7. The van der Waals surface area contributed by atoms with Crippen LogP contribution in [-0.2, 0) is 14.8 Å². The largest absolute Gasteiger partial charge is 0.481 e. The van der Waals surface area contributed by atoms with Gasteiger partial charge in [-0.3, -0.25) is 4.79 Å². The Kier molecular flexibility index (Phi) is 5.72. The number of aliphatic carboxylic acids is 1. The average molecular weight is 391 g/mol. The number of fused-ring (bicyclic) bond motifs is 1. The molecule has 0 atom stereocenters. The highest BCUT2D eigenvalue weighted by molar-refractivity contribution is 7.89. The van der Waals surface area contributed by atoms with Crippen molar-refractivity contribution in [2.24, 2.45) is 11.8 Å². The van der Waals surface area contributed by atoms with Gasteiger partial charge in [-0.2, -0.15) is 0 Å². The van der Waals surface area contributed by atoms with Gasteiger partial charge in [-0.1, -0.05) is 24.3 Å². The zero-order valence-corrected chi connectivity index (χ0v) is 16.5. The summed E-state index contributed by atoms with van der Waals surface area (Å²) in [5.74, 6) is -0.857. The molecule has 0 saturated heterocycles. The fraction of sp³-hybridized carbons (Fsp3) is 0.450. The van der Waals surface area contributed by atoms with Gasteiger partial charge in [-0.15, -0.1) is 0 Å². The quantitative estimate of drug-likeness (QED) is 0.792. The Morgan fingerprint density at radius 3 is 2.33 bits per heavy atom. The molecule has 146 valence electrons. The van der Waals surface area contributed by atoms with Gasteiger partial charge >= 0.3 is 5.97 Å². The smallest absolute Gasteiger partial charge is 0.306 e. The molecule has 0 unspecified atom stereocenters. The minimum absolute atomic E-state index is 0.183. The Morgan fingerprint density at radius 1 is 1.07 bits per heavy atom. The van der Waals surface area contributed by atoms with E-state index in [4.69, 9.17) is 5.11 Å². The predicted octanol–water partition coefficient (Wildman–Crippen LogP) is 3.08. The molecule has 7 heteroatoms. The van der Waals surface area contributed by atoms with Crippen molar-refractivity contribution >= 4 is 32.5 Å². The molecule has 1 saturated carbocycles. The Morgan fingerprint density at radius 2 is 1.70 bits per heavy atom. The number of hydrogen-bond acceptors (Lipinski definition) is 4. The Hall–Kier alpha value is -2.12. The number of carboxylic acid groups (broad SMARTS) is 1. The lowest BCUT2D eigenvalue weighted by atomic mass is 9.82. The van der Waals surface area contributed by atoms with Gasteiger partial charge in [-0.25, -0.2) is 13.1 Å². The topological polar surface area (TPSA) is 86.7 Å². The van der Waals surface area contributed by atoms with E-state index in [0.717, 1.165) is 23.9 Å². The Labute approximate surface area is 160 Å². The molecular formula is C20H26N2O4S. The van der Waals surface area contributed by atoms with Crippen molar-refractivity contribution in [1.82, 2.24) is 4.72 Å². The van der Waals surface area contributed by atoms with Gasteiger partial charge in [0.2, 0.25) is 10.0 Å². The van der Waals surface area contributed by atoms with E-state index in [0.29, 0.717) is 24.8 Å². The second kappa shape index (κ2) is 7.86. The van der Waals surface area contributed by atoms with Crippen LogP contribution >= 0.6 is 0 Å². The lowest BCUT2D eigenvalue weighted by Gasteiger charge is -2.26. The molecule has 0 aliphatic heterocycles. The molecule has 2 N–H and O–H groups in total. The van der Waals surface area contributed by atoms with E-state index in [2.05, 4.69) is 4.72 Å². The monoisotopic (exact) mass is 390 g/mol. The molecule has 1 aliphatic rings. The highest BCUT2D eigenvalue weighted by Gasteiger charge is 2.27. The molecule has 0 heterocycles. The Balaban J connectivity index is 1.78. The van der Waals surface area contributed by atoms with Gasteiger partial charge in [-0.05, 0) is 43.7 Å². The van der Waals surface area contributed by atoms with Gasteiger partial charge in [0, 0.05) is 37.1 Å². The summed E-state index contributed by atoms with van der Waals surface area (Å²) in [5.41, 5.74) is 0.969. The zero-order chi connectivity index (χ0) is 19.6. The summed E-state index contributed by atoms with van der Waals surface area (Å²) in [5, 5.41) is 10.7. The van der Waals surface area contributed by atoms with Crippen LogP contribution in [0.4, 0.5) is 5.69 Å². The number of nitrogens with zero attached hydrogens (tertiary/aromatic N) is 1. The summed E-state index contributed by atoms with van der Waals surface area (Å²) in [6.07, 6.45) is 2.70. The predicted molar refractivity (Wildman–Crippen MR) is 107 cm³/mol. The highest BCUT2D eigenvalue weighted by atomic mass is 32.2. The van der Waals surface area contributed by atoms with Crippen molar-refractivity contribution in [2.45, 2.75) is 30.6 Å². The van der Waals surface area contributed by atoms with Crippen LogP contribution in [0.5, 0.6) is 0 Å². The van der Waals surface area contributed by atoms with Gasteiger partial charge in [0.25, 0.3) is 0 Å². The molecule has 6 nitrogen and oxygen atoms in total. The molecule has 1 fully saturated rings. The van der Waals surface area contributed by atoms with Crippen LogP contribution in [0.15, 0.2) is 41.3 Å². The third kappa shape index (κ3) is 4.25. The van der Waals surface area contributed by atoms with Crippen LogP contribution in [0.3, 0.4) is 0 Å². The van der Waals surface area contributed by atoms with E-state index in [1.54, 1.807) is 12.1 Å². The molecule has 2 aromatic rings. The number of benzene rings is 2. The molecule has 3 rings (SSSR count). The number of hydrogen-bond donors (Lipinski definition) is 2. The minimum atomic E-state index is -3.64. The van der Waals surface area contributed by atoms with Crippen molar-refractivity contribution in [2.75, 3.05) is 25.5 Å². The molecule has 2 aromatic carbocycles. The number of carbonyl (C=O) groups is 1. The van der Waals surface area contributed by atoms with E-state index in [1.807, 2.05) is 43.3 Å². The number of nitrogens with one attached hydrogen (secondary N) is 1. The maximum atomic E-state index is 12.9. The first kappa shape index (κ1) is 19.6. The van der Waals surface area contributed by atoms with Crippen molar-refractivity contribution in [1.29, 1.82) is 0 Å². The van der Waals surface area contributed by atoms with Gasteiger partial charge in [0.1, 0.15) is 0 Å². The third-order valence-corrected chi connectivity index (χ3v) is 6.87. The molecule has 0 amide bonds. The molecule has 0 spiro atoms.